The lowest BCUT2D eigenvalue weighted by molar-refractivity contribution is -0.137. The van der Waals surface area contributed by atoms with E-state index in [4.69, 9.17) is 0 Å². The number of aryl methyl sites for hydroxylation is 1. The van der Waals surface area contributed by atoms with Gasteiger partial charge in [-0.3, -0.25) is 14.5 Å². The van der Waals surface area contributed by atoms with E-state index in [9.17, 15) is 33.0 Å². The highest BCUT2D eigenvalue weighted by Crippen LogP contribution is 2.34. The predicted molar refractivity (Wildman–Crippen MR) is 106 cm³/mol. The van der Waals surface area contributed by atoms with Crippen molar-refractivity contribution in [1.29, 1.82) is 0 Å². The van der Waals surface area contributed by atoms with Crippen LogP contribution in [-0.2, 0) is 15.8 Å². The van der Waals surface area contributed by atoms with Gasteiger partial charge in [0.25, 0.3) is 11.8 Å². The topological polar surface area (TPSA) is 111 Å². The fraction of sp³-hybridized carbons (Fsp3) is 0.300. The predicted octanol–water partition coefficient (Wildman–Crippen LogP) is 1.16. The highest BCUT2D eigenvalue weighted by atomic mass is 19.4. The maximum absolute atomic E-state index is 13.3. The molecule has 0 radical (unpaired) electrons. The third-order valence-corrected chi connectivity index (χ3v) is 5.28. The van der Waals surface area contributed by atoms with Gasteiger partial charge in [0.2, 0.25) is 0 Å². The fourth-order valence-corrected chi connectivity index (χ4v) is 3.65. The third-order valence-electron chi connectivity index (χ3n) is 5.28. The van der Waals surface area contributed by atoms with E-state index in [0.717, 1.165) is 11.0 Å². The maximum atomic E-state index is 13.3. The molecule has 1 saturated heterocycles. The van der Waals surface area contributed by atoms with Gasteiger partial charge in [0, 0.05) is 30.8 Å². The first-order chi connectivity index (χ1) is 15.0. The van der Waals surface area contributed by atoms with Crippen molar-refractivity contribution in [2.24, 2.45) is 0 Å². The van der Waals surface area contributed by atoms with Crippen molar-refractivity contribution in [1.82, 2.24) is 14.6 Å². The molecule has 0 aromatic carbocycles. The number of likely N-dealkylation sites (N-methyl/N-ethyl adjacent to an activating group) is 1. The molecule has 2 amide bonds. The van der Waals surface area contributed by atoms with Gasteiger partial charge in [0.05, 0.1) is 11.1 Å². The molecule has 3 atom stereocenters. The number of aromatic nitrogens is 3. The number of fused-ring (bicyclic) bond motifs is 1. The number of carbonyl (C=O) groups is 2. The number of pyridine rings is 2. The van der Waals surface area contributed by atoms with Gasteiger partial charge < -0.3 is 15.1 Å². The number of nitrogens with zero attached hydrogens (tertiary/aromatic N) is 5. The monoisotopic (exact) mass is 449 g/mol. The molecule has 1 aliphatic heterocycles. The Kier molecular flexibility index (Phi) is 5.13. The fourth-order valence-electron chi connectivity index (χ4n) is 3.65. The lowest BCUT2D eigenvalue weighted by Gasteiger charge is -2.29. The second-order valence-electron chi connectivity index (χ2n) is 7.42. The number of alkyl halides is 3. The van der Waals surface area contributed by atoms with Crippen LogP contribution in [0.4, 0.5) is 24.7 Å². The number of carbonyl (C=O) groups excluding carboxylic acids is 2. The van der Waals surface area contributed by atoms with E-state index in [-0.39, 0.29) is 5.69 Å². The average molecular weight is 449 g/mol. The number of anilines is 2. The van der Waals surface area contributed by atoms with Crippen molar-refractivity contribution in [3.05, 3.63) is 54.0 Å². The van der Waals surface area contributed by atoms with Crippen LogP contribution in [0.15, 0.2) is 42.7 Å². The third kappa shape index (κ3) is 3.56. The van der Waals surface area contributed by atoms with Gasteiger partial charge in [-0.15, -0.1) is 0 Å². The molecule has 4 rings (SSSR count). The molecule has 0 unspecified atom stereocenters. The Morgan fingerprint density at radius 1 is 1.19 bits per heavy atom. The van der Waals surface area contributed by atoms with Crippen LogP contribution in [0.1, 0.15) is 11.3 Å². The van der Waals surface area contributed by atoms with Gasteiger partial charge in [0.1, 0.15) is 18.0 Å². The molecule has 12 heteroatoms. The number of halogens is 3. The first-order valence-electron chi connectivity index (χ1n) is 9.45. The molecule has 1 aliphatic rings. The quantitative estimate of drug-likeness (QED) is 0.621. The summed E-state index contributed by atoms with van der Waals surface area (Å²) in [4.78, 5) is 31.6. The highest BCUT2D eigenvalue weighted by Gasteiger charge is 2.52. The van der Waals surface area contributed by atoms with Crippen molar-refractivity contribution in [3.63, 3.8) is 0 Å². The minimum atomic E-state index is -4.72. The van der Waals surface area contributed by atoms with Crippen LogP contribution in [0.25, 0.3) is 5.52 Å². The molecule has 0 spiro atoms. The Morgan fingerprint density at radius 2 is 1.91 bits per heavy atom. The van der Waals surface area contributed by atoms with Crippen molar-refractivity contribution < 1.29 is 33.0 Å². The van der Waals surface area contributed by atoms with Gasteiger partial charge in [-0.25, -0.2) is 9.50 Å². The Bertz CT molecular complexity index is 1210. The van der Waals surface area contributed by atoms with Crippen LogP contribution in [0.3, 0.4) is 0 Å². The number of amides is 2. The SMILES string of the molecule is Cc1cc(C(F)(F)F)cc(N2C(=O)[C@@H](O)[C@@H](O)[C@H]2C(=O)N(C)c2ccn3nccc3c2)n1. The number of hydrogen-bond donors (Lipinski definition) is 2. The molecule has 32 heavy (non-hydrogen) atoms. The zero-order valence-electron chi connectivity index (χ0n) is 16.9. The van der Waals surface area contributed by atoms with Gasteiger partial charge in [-0.05, 0) is 37.3 Å². The number of hydrogen-bond acceptors (Lipinski definition) is 6. The first-order valence-corrected chi connectivity index (χ1v) is 9.45. The van der Waals surface area contributed by atoms with Crippen molar-refractivity contribution >= 4 is 28.8 Å². The van der Waals surface area contributed by atoms with Gasteiger partial charge in [-0.2, -0.15) is 18.3 Å². The molecule has 4 heterocycles. The standard InChI is InChI=1S/C20H18F3N5O4/c1-10-7-11(20(21,22)23)8-14(25-10)28-15(16(29)17(30)19(28)32)18(31)26(2)12-4-6-27-13(9-12)3-5-24-27/h3-9,15-17,29-30H,1-2H3/t15-,16-,17-/m0/s1. The van der Waals surface area contributed by atoms with Crippen molar-refractivity contribution in [2.45, 2.75) is 31.3 Å². The highest BCUT2D eigenvalue weighted by molar-refractivity contribution is 6.10. The molecular formula is C20H18F3N5O4. The molecule has 0 bridgehead atoms. The van der Waals surface area contributed by atoms with E-state index in [1.807, 2.05) is 0 Å². The summed E-state index contributed by atoms with van der Waals surface area (Å²) in [6.45, 7) is 1.30. The molecule has 0 saturated carbocycles. The van der Waals surface area contributed by atoms with E-state index >= 15 is 0 Å². The van der Waals surface area contributed by atoms with Crippen LogP contribution in [-0.4, -0.2) is 61.9 Å². The zero-order valence-corrected chi connectivity index (χ0v) is 16.9. The van der Waals surface area contributed by atoms with Crippen molar-refractivity contribution in [3.8, 4) is 0 Å². The molecule has 2 N–H and O–H groups in total. The van der Waals surface area contributed by atoms with Gasteiger partial charge in [-0.1, -0.05) is 0 Å². The molecule has 1 fully saturated rings. The summed E-state index contributed by atoms with van der Waals surface area (Å²) in [5.41, 5.74) is -0.0758. The minimum absolute atomic E-state index is 0.0516. The Morgan fingerprint density at radius 3 is 2.59 bits per heavy atom. The van der Waals surface area contributed by atoms with Crippen LogP contribution < -0.4 is 9.80 Å². The van der Waals surface area contributed by atoms with Crippen LogP contribution in [0.2, 0.25) is 0 Å². The second kappa shape index (κ2) is 7.57. The number of rotatable bonds is 3. The van der Waals surface area contributed by atoms with E-state index in [1.54, 1.807) is 35.1 Å². The maximum Gasteiger partial charge on any atom is 0.416 e. The zero-order chi connectivity index (χ0) is 23.4. The molecule has 0 aliphatic carbocycles. The summed E-state index contributed by atoms with van der Waals surface area (Å²) in [7, 11) is 1.38. The largest absolute Gasteiger partial charge is 0.416 e. The summed E-state index contributed by atoms with van der Waals surface area (Å²) in [6, 6.07) is 4.60. The van der Waals surface area contributed by atoms with Crippen molar-refractivity contribution in [2.75, 3.05) is 16.8 Å². The van der Waals surface area contributed by atoms with Gasteiger partial charge in [0.15, 0.2) is 6.10 Å². The number of aliphatic hydroxyl groups is 2. The van der Waals surface area contributed by atoms with Crippen LogP contribution in [0.5, 0.6) is 0 Å². The van der Waals surface area contributed by atoms with Crippen LogP contribution >= 0.6 is 0 Å². The van der Waals surface area contributed by atoms with Crippen LogP contribution in [0, 0.1) is 6.92 Å². The average Bonchev–Trinajstić information content (AvgIpc) is 3.29. The van der Waals surface area contributed by atoms with E-state index in [1.165, 1.54) is 14.0 Å². The second-order valence-corrected chi connectivity index (χ2v) is 7.42. The number of aliphatic hydroxyl groups excluding tert-OH is 2. The Labute approximate surface area is 179 Å². The molecule has 168 valence electrons. The van der Waals surface area contributed by atoms with E-state index in [0.29, 0.717) is 22.2 Å². The Hall–Kier alpha value is -3.51. The minimum Gasteiger partial charge on any atom is -0.387 e. The summed E-state index contributed by atoms with van der Waals surface area (Å²) in [6.07, 6.45) is -5.44. The van der Waals surface area contributed by atoms with E-state index in [2.05, 4.69) is 10.1 Å². The lowest BCUT2D eigenvalue weighted by atomic mass is 10.1. The molecule has 3 aromatic heterocycles. The molecule has 3 aromatic rings. The van der Waals surface area contributed by atoms with E-state index < -0.39 is 47.6 Å². The smallest absolute Gasteiger partial charge is 0.387 e. The summed E-state index contributed by atoms with van der Waals surface area (Å²) in [5.74, 6) is -2.43. The summed E-state index contributed by atoms with van der Waals surface area (Å²) < 4.78 is 41.4. The summed E-state index contributed by atoms with van der Waals surface area (Å²) in [5, 5.41) is 24.6. The lowest BCUT2D eigenvalue weighted by Crippen LogP contribution is -2.50. The molecule has 9 nitrogen and oxygen atoms in total. The molecular weight excluding hydrogens is 431 g/mol. The van der Waals surface area contributed by atoms with Gasteiger partial charge >= 0.3 is 6.18 Å². The Balaban J connectivity index is 1.75. The normalized spacial score (nSPS) is 21.4. The first kappa shape index (κ1) is 21.7. The summed E-state index contributed by atoms with van der Waals surface area (Å²) >= 11 is 0.